The first-order valence-corrected chi connectivity index (χ1v) is 4.91. The van der Waals surface area contributed by atoms with Crippen LogP contribution in [0, 0.1) is 13.8 Å². The lowest BCUT2D eigenvalue weighted by atomic mass is 10.0. The second-order valence-electron chi connectivity index (χ2n) is 3.74. The van der Waals surface area contributed by atoms with Gasteiger partial charge in [-0.15, -0.1) is 0 Å². The predicted octanol–water partition coefficient (Wildman–Crippen LogP) is 3.17. The summed E-state index contributed by atoms with van der Waals surface area (Å²) >= 11 is 0. The van der Waals surface area contributed by atoms with Crippen molar-refractivity contribution >= 4 is 10.8 Å². The Morgan fingerprint density at radius 3 is 2.20 bits per heavy atom. The molecule has 0 saturated heterocycles. The van der Waals surface area contributed by atoms with Gasteiger partial charge in [0.1, 0.15) is 11.5 Å². The number of benzene rings is 2. The van der Waals surface area contributed by atoms with Crippen molar-refractivity contribution < 1.29 is 9.84 Å². The smallest absolute Gasteiger partial charge is 0.129 e. The zero-order chi connectivity index (χ0) is 11.0. The highest BCUT2D eigenvalue weighted by atomic mass is 16.5. The highest BCUT2D eigenvalue weighted by Crippen LogP contribution is 2.35. The van der Waals surface area contributed by atoms with Crippen LogP contribution < -0.4 is 4.74 Å². The minimum Gasteiger partial charge on any atom is -0.507 e. The van der Waals surface area contributed by atoms with E-state index in [1.165, 1.54) is 0 Å². The zero-order valence-corrected chi connectivity index (χ0v) is 9.16. The van der Waals surface area contributed by atoms with Crippen LogP contribution in [0.25, 0.3) is 10.8 Å². The molecule has 0 saturated carbocycles. The number of aromatic hydroxyl groups is 1. The molecule has 0 spiro atoms. The maximum absolute atomic E-state index is 9.91. The molecule has 0 aliphatic carbocycles. The van der Waals surface area contributed by atoms with E-state index in [-0.39, 0.29) is 0 Å². The number of phenolic OH excluding ortho intramolecular Hbond substituents is 1. The van der Waals surface area contributed by atoms with Crippen molar-refractivity contribution in [3.8, 4) is 11.5 Å². The number of ether oxygens (including phenoxy) is 1. The third kappa shape index (κ3) is 1.42. The van der Waals surface area contributed by atoms with Gasteiger partial charge < -0.3 is 9.84 Å². The lowest BCUT2D eigenvalue weighted by Gasteiger charge is -2.10. The van der Waals surface area contributed by atoms with Gasteiger partial charge in [0.15, 0.2) is 0 Å². The third-order valence-electron chi connectivity index (χ3n) is 2.73. The largest absolute Gasteiger partial charge is 0.507 e. The lowest BCUT2D eigenvalue weighted by molar-refractivity contribution is 0.416. The fourth-order valence-electron chi connectivity index (χ4n) is 1.85. The van der Waals surface area contributed by atoms with E-state index < -0.39 is 0 Å². The first-order chi connectivity index (χ1) is 7.15. The van der Waals surface area contributed by atoms with Gasteiger partial charge in [-0.05, 0) is 25.0 Å². The van der Waals surface area contributed by atoms with Crippen LogP contribution in [-0.2, 0) is 0 Å². The number of hydrogen-bond acceptors (Lipinski definition) is 2. The van der Waals surface area contributed by atoms with Crippen LogP contribution in [-0.4, -0.2) is 12.2 Å². The summed E-state index contributed by atoms with van der Waals surface area (Å²) in [5.41, 5.74) is 1.96. The Morgan fingerprint density at radius 1 is 0.933 bits per heavy atom. The standard InChI is InChI=1S/C13H14O2/c1-8-4-7-11-10(12(8)14)6-5-9(2)13(11)15-3/h4-7,14H,1-3H3. The predicted molar refractivity (Wildman–Crippen MR) is 61.6 cm³/mol. The molecule has 2 aromatic rings. The van der Waals surface area contributed by atoms with Crippen molar-refractivity contribution in [2.45, 2.75) is 13.8 Å². The Balaban J connectivity index is 2.89. The molecule has 0 amide bonds. The van der Waals surface area contributed by atoms with E-state index in [1.54, 1.807) is 7.11 Å². The minimum absolute atomic E-state index is 0.339. The maximum atomic E-state index is 9.91. The average molecular weight is 202 g/mol. The van der Waals surface area contributed by atoms with E-state index in [0.717, 1.165) is 27.6 Å². The van der Waals surface area contributed by atoms with E-state index in [4.69, 9.17) is 4.74 Å². The fourth-order valence-corrected chi connectivity index (χ4v) is 1.85. The van der Waals surface area contributed by atoms with E-state index in [2.05, 4.69) is 0 Å². The van der Waals surface area contributed by atoms with Gasteiger partial charge in [-0.1, -0.05) is 24.3 Å². The number of rotatable bonds is 1. The summed E-state index contributed by atoms with van der Waals surface area (Å²) in [5.74, 6) is 1.17. The number of hydrogen-bond donors (Lipinski definition) is 1. The third-order valence-corrected chi connectivity index (χ3v) is 2.73. The monoisotopic (exact) mass is 202 g/mol. The molecule has 0 heterocycles. The summed E-state index contributed by atoms with van der Waals surface area (Å²) in [4.78, 5) is 0. The summed E-state index contributed by atoms with van der Waals surface area (Å²) in [6, 6.07) is 7.77. The minimum atomic E-state index is 0.339. The molecule has 2 aromatic carbocycles. The SMILES string of the molecule is COc1c(C)ccc2c(O)c(C)ccc12. The van der Waals surface area contributed by atoms with Crippen LogP contribution in [0.15, 0.2) is 24.3 Å². The topological polar surface area (TPSA) is 29.5 Å². The summed E-state index contributed by atoms with van der Waals surface area (Å²) in [6.07, 6.45) is 0. The van der Waals surface area contributed by atoms with Crippen LogP contribution in [0.2, 0.25) is 0 Å². The molecule has 0 aliphatic heterocycles. The number of aryl methyl sites for hydroxylation is 2. The first-order valence-electron chi connectivity index (χ1n) is 4.91. The number of phenols is 1. The Morgan fingerprint density at radius 2 is 1.53 bits per heavy atom. The Kier molecular flexibility index (Phi) is 2.27. The Labute approximate surface area is 89.1 Å². The molecular weight excluding hydrogens is 188 g/mol. The molecule has 0 fully saturated rings. The van der Waals surface area contributed by atoms with Crippen molar-refractivity contribution in [3.63, 3.8) is 0 Å². The maximum Gasteiger partial charge on any atom is 0.129 e. The Hall–Kier alpha value is -1.70. The molecule has 78 valence electrons. The highest BCUT2D eigenvalue weighted by Gasteiger charge is 2.09. The molecule has 0 aromatic heterocycles. The van der Waals surface area contributed by atoms with Crippen LogP contribution in [0.3, 0.4) is 0 Å². The molecular formula is C13H14O2. The summed E-state index contributed by atoms with van der Waals surface area (Å²) in [5, 5.41) is 11.7. The summed E-state index contributed by atoms with van der Waals surface area (Å²) in [7, 11) is 1.65. The van der Waals surface area contributed by atoms with Crippen molar-refractivity contribution in [3.05, 3.63) is 35.4 Å². The molecule has 0 bridgehead atoms. The first kappa shape index (κ1) is 9.84. The molecule has 0 unspecified atom stereocenters. The van der Waals surface area contributed by atoms with Gasteiger partial charge in [0.25, 0.3) is 0 Å². The molecule has 2 heteroatoms. The van der Waals surface area contributed by atoms with Gasteiger partial charge in [-0.2, -0.15) is 0 Å². The van der Waals surface area contributed by atoms with Gasteiger partial charge >= 0.3 is 0 Å². The summed E-state index contributed by atoms with van der Waals surface area (Å²) in [6.45, 7) is 3.89. The molecule has 2 nitrogen and oxygen atoms in total. The second kappa shape index (κ2) is 3.46. The van der Waals surface area contributed by atoms with Crippen LogP contribution in [0.5, 0.6) is 11.5 Å². The average Bonchev–Trinajstić information content (AvgIpc) is 2.23. The van der Waals surface area contributed by atoms with Gasteiger partial charge in [0.2, 0.25) is 0 Å². The van der Waals surface area contributed by atoms with E-state index in [9.17, 15) is 5.11 Å². The van der Waals surface area contributed by atoms with Crippen molar-refractivity contribution in [1.29, 1.82) is 0 Å². The fraction of sp³-hybridized carbons (Fsp3) is 0.231. The Bertz CT molecular complexity index is 515. The van der Waals surface area contributed by atoms with Crippen LogP contribution >= 0.6 is 0 Å². The molecule has 2 rings (SSSR count). The number of fused-ring (bicyclic) bond motifs is 1. The lowest BCUT2D eigenvalue weighted by Crippen LogP contribution is -1.89. The van der Waals surface area contributed by atoms with E-state index in [0.29, 0.717) is 5.75 Å². The van der Waals surface area contributed by atoms with E-state index >= 15 is 0 Å². The van der Waals surface area contributed by atoms with Crippen LogP contribution in [0.4, 0.5) is 0 Å². The molecule has 0 aliphatic rings. The van der Waals surface area contributed by atoms with Crippen LogP contribution in [0.1, 0.15) is 11.1 Å². The number of methoxy groups -OCH3 is 1. The molecule has 1 N–H and O–H groups in total. The van der Waals surface area contributed by atoms with Gasteiger partial charge in [0, 0.05) is 10.8 Å². The van der Waals surface area contributed by atoms with E-state index in [1.807, 2.05) is 38.1 Å². The van der Waals surface area contributed by atoms with Gasteiger partial charge in [-0.3, -0.25) is 0 Å². The normalized spacial score (nSPS) is 10.6. The van der Waals surface area contributed by atoms with Crippen molar-refractivity contribution in [2.75, 3.05) is 7.11 Å². The van der Waals surface area contributed by atoms with Crippen molar-refractivity contribution in [1.82, 2.24) is 0 Å². The summed E-state index contributed by atoms with van der Waals surface area (Å²) < 4.78 is 5.34. The quantitative estimate of drug-likeness (QED) is 0.769. The highest BCUT2D eigenvalue weighted by molar-refractivity contribution is 5.94. The van der Waals surface area contributed by atoms with Gasteiger partial charge in [0.05, 0.1) is 7.11 Å². The molecule has 0 radical (unpaired) electrons. The van der Waals surface area contributed by atoms with Gasteiger partial charge in [-0.25, -0.2) is 0 Å². The molecule has 15 heavy (non-hydrogen) atoms. The molecule has 0 atom stereocenters. The van der Waals surface area contributed by atoms with Crippen molar-refractivity contribution in [2.24, 2.45) is 0 Å². The zero-order valence-electron chi connectivity index (χ0n) is 9.16. The second-order valence-corrected chi connectivity index (χ2v) is 3.74.